The number of ketones is 1. The molecule has 0 spiro atoms. The van der Waals surface area contributed by atoms with E-state index in [0.29, 0.717) is 25.2 Å². The number of carbonyl (C=O) groups is 2. The van der Waals surface area contributed by atoms with Crippen molar-refractivity contribution >= 4 is 17.4 Å². The number of benzene rings is 2. The molecule has 1 amide bonds. The quantitative estimate of drug-likeness (QED) is 0.323. The molecule has 0 aliphatic carbocycles. The number of hydrogen-bond donors (Lipinski definition) is 2. The van der Waals surface area contributed by atoms with Crippen LogP contribution in [0.25, 0.3) is 5.76 Å². The summed E-state index contributed by atoms with van der Waals surface area (Å²) in [5.74, 6) is -2.33. The lowest BCUT2D eigenvalue weighted by Gasteiger charge is -2.25. The Hall–Kier alpha value is -3.19. The van der Waals surface area contributed by atoms with Gasteiger partial charge in [-0.1, -0.05) is 12.1 Å². The summed E-state index contributed by atoms with van der Waals surface area (Å²) in [6.07, 6.45) is 0.520. The Morgan fingerprint density at radius 3 is 2.38 bits per heavy atom. The van der Waals surface area contributed by atoms with Crippen LogP contribution in [-0.4, -0.2) is 46.6 Å². The molecule has 1 heterocycles. The second-order valence-electron chi connectivity index (χ2n) is 6.64. The lowest BCUT2D eigenvalue weighted by molar-refractivity contribution is -0.140. The minimum absolute atomic E-state index is 0.0422. The number of nitrogens with zero attached hydrogens (tertiary/aromatic N) is 1. The lowest BCUT2D eigenvalue weighted by atomic mass is 9.95. The summed E-state index contributed by atoms with van der Waals surface area (Å²) in [7, 11) is 0. The highest BCUT2D eigenvalue weighted by molar-refractivity contribution is 6.46. The zero-order chi connectivity index (χ0) is 21.0. The molecule has 1 fully saturated rings. The van der Waals surface area contributed by atoms with Gasteiger partial charge in [-0.25, -0.2) is 4.39 Å². The van der Waals surface area contributed by atoms with Crippen molar-refractivity contribution in [2.45, 2.75) is 19.4 Å². The summed E-state index contributed by atoms with van der Waals surface area (Å²) in [4.78, 5) is 26.9. The Morgan fingerprint density at radius 2 is 1.76 bits per heavy atom. The van der Waals surface area contributed by atoms with Crippen molar-refractivity contribution in [1.82, 2.24) is 4.90 Å². The summed E-state index contributed by atoms with van der Waals surface area (Å²) >= 11 is 0. The summed E-state index contributed by atoms with van der Waals surface area (Å²) in [5.41, 5.74) is 0.744. The number of halogens is 1. The van der Waals surface area contributed by atoms with Crippen LogP contribution in [0.15, 0.2) is 54.1 Å². The number of carbonyl (C=O) groups excluding carboxylic acids is 2. The first-order valence-corrected chi connectivity index (χ1v) is 9.35. The maximum Gasteiger partial charge on any atom is 0.295 e. The van der Waals surface area contributed by atoms with Gasteiger partial charge in [-0.05, 0) is 55.3 Å². The number of Topliss-reactive ketones (excluding diaryl/α,β-unsaturated/α-hetero) is 1. The maximum absolute atomic E-state index is 13.2. The third-order valence-corrected chi connectivity index (χ3v) is 4.76. The van der Waals surface area contributed by atoms with Gasteiger partial charge in [-0.3, -0.25) is 9.59 Å². The van der Waals surface area contributed by atoms with Crippen molar-refractivity contribution in [2.75, 3.05) is 19.8 Å². The average Bonchev–Trinajstić information content (AvgIpc) is 2.96. The summed E-state index contributed by atoms with van der Waals surface area (Å²) < 4.78 is 18.6. The van der Waals surface area contributed by atoms with Gasteiger partial charge in [0.2, 0.25) is 0 Å². The molecule has 6 nitrogen and oxygen atoms in total. The smallest absolute Gasteiger partial charge is 0.295 e. The number of likely N-dealkylation sites (tertiary alicyclic amines) is 1. The van der Waals surface area contributed by atoms with Crippen LogP contribution >= 0.6 is 0 Å². The van der Waals surface area contributed by atoms with Crippen LogP contribution in [0.4, 0.5) is 4.39 Å². The van der Waals surface area contributed by atoms with E-state index in [1.807, 2.05) is 6.92 Å². The number of hydrogen-bond acceptors (Lipinski definition) is 5. The Labute approximate surface area is 167 Å². The van der Waals surface area contributed by atoms with Crippen LogP contribution in [0, 0.1) is 5.82 Å². The third-order valence-electron chi connectivity index (χ3n) is 4.76. The molecule has 7 heteroatoms. The second-order valence-corrected chi connectivity index (χ2v) is 6.64. The van der Waals surface area contributed by atoms with E-state index >= 15 is 0 Å². The molecule has 2 aromatic carbocycles. The summed E-state index contributed by atoms with van der Waals surface area (Å²) in [5, 5.41) is 20.4. The van der Waals surface area contributed by atoms with Crippen LogP contribution in [0.3, 0.4) is 0 Å². The number of ether oxygens (including phenoxy) is 1. The fourth-order valence-electron chi connectivity index (χ4n) is 3.36. The number of rotatable bonds is 7. The van der Waals surface area contributed by atoms with Gasteiger partial charge in [0.05, 0.1) is 11.6 Å². The minimum atomic E-state index is -0.817. The number of phenols is 1. The highest BCUT2D eigenvalue weighted by atomic mass is 19.1. The highest BCUT2D eigenvalue weighted by Gasteiger charge is 2.45. The van der Waals surface area contributed by atoms with E-state index in [-0.39, 0.29) is 29.2 Å². The zero-order valence-corrected chi connectivity index (χ0v) is 16.0. The van der Waals surface area contributed by atoms with Crippen molar-refractivity contribution in [1.29, 1.82) is 0 Å². The van der Waals surface area contributed by atoms with Crippen LogP contribution in [0.5, 0.6) is 5.75 Å². The standard InChI is InChI=1S/C22H22FNO5/c1-2-29-13-3-12-24-19(14-6-10-17(25)11-7-14)18(21(27)22(24)28)20(26)15-4-8-16(23)9-5-15/h4-11,19,25-26H,2-3,12-13H2,1H3/t19-/m1/s1. The molecule has 0 aromatic heterocycles. The van der Waals surface area contributed by atoms with Crippen LogP contribution in [0.2, 0.25) is 0 Å². The normalized spacial score (nSPS) is 18.4. The molecule has 1 aliphatic rings. The van der Waals surface area contributed by atoms with Crippen molar-refractivity contribution in [3.63, 3.8) is 0 Å². The third kappa shape index (κ3) is 4.30. The number of aliphatic hydroxyl groups is 1. The molecule has 0 radical (unpaired) electrons. The Morgan fingerprint density at radius 1 is 1.10 bits per heavy atom. The van der Waals surface area contributed by atoms with E-state index in [9.17, 15) is 24.2 Å². The molecule has 0 unspecified atom stereocenters. The Bertz CT molecular complexity index is 921. The van der Waals surface area contributed by atoms with Gasteiger partial charge in [0.15, 0.2) is 0 Å². The van der Waals surface area contributed by atoms with E-state index in [4.69, 9.17) is 4.74 Å². The largest absolute Gasteiger partial charge is 0.508 e. The molecule has 2 aromatic rings. The zero-order valence-electron chi connectivity index (χ0n) is 16.0. The summed E-state index contributed by atoms with van der Waals surface area (Å²) in [6, 6.07) is 10.3. The lowest BCUT2D eigenvalue weighted by Crippen LogP contribution is -2.31. The topological polar surface area (TPSA) is 87.1 Å². The number of amides is 1. The molecule has 1 saturated heterocycles. The predicted octanol–water partition coefficient (Wildman–Crippen LogP) is 3.38. The SMILES string of the molecule is CCOCCCN1C(=O)C(=O)C(=C(O)c2ccc(F)cc2)[C@H]1c1ccc(O)cc1. The molecule has 0 saturated carbocycles. The predicted molar refractivity (Wildman–Crippen MR) is 105 cm³/mol. The van der Waals surface area contributed by atoms with E-state index in [0.717, 1.165) is 0 Å². The average molecular weight is 399 g/mol. The van der Waals surface area contributed by atoms with Crippen molar-refractivity contribution in [3.05, 3.63) is 71.0 Å². The fraction of sp³-hybridized carbons (Fsp3) is 0.273. The molecule has 1 atom stereocenters. The number of phenolic OH excluding ortho intramolecular Hbond substituents is 1. The van der Waals surface area contributed by atoms with Gasteiger partial charge in [0.1, 0.15) is 17.3 Å². The van der Waals surface area contributed by atoms with Crippen LogP contribution < -0.4 is 0 Å². The van der Waals surface area contributed by atoms with E-state index < -0.39 is 23.5 Å². The first-order chi connectivity index (χ1) is 13.9. The molecule has 3 rings (SSSR count). The van der Waals surface area contributed by atoms with E-state index in [1.165, 1.54) is 41.3 Å². The van der Waals surface area contributed by atoms with Crippen LogP contribution in [0.1, 0.15) is 30.5 Å². The van der Waals surface area contributed by atoms with Crippen molar-refractivity contribution in [2.24, 2.45) is 0 Å². The first-order valence-electron chi connectivity index (χ1n) is 9.35. The second kappa shape index (κ2) is 8.87. The molecular formula is C22H22FNO5. The number of aliphatic hydroxyl groups excluding tert-OH is 1. The minimum Gasteiger partial charge on any atom is -0.508 e. The van der Waals surface area contributed by atoms with Gasteiger partial charge >= 0.3 is 0 Å². The fourth-order valence-corrected chi connectivity index (χ4v) is 3.36. The molecular weight excluding hydrogens is 377 g/mol. The van der Waals surface area contributed by atoms with Crippen molar-refractivity contribution in [3.8, 4) is 5.75 Å². The van der Waals surface area contributed by atoms with Gasteiger partial charge in [-0.2, -0.15) is 0 Å². The van der Waals surface area contributed by atoms with E-state index in [2.05, 4.69) is 0 Å². The monoisotopic (exact) mass is 399 g/mol. The highest BCUT2D eigenvalue weighted by Crippen LogP contribution is 2.39. The van der Waals surface area contributed by atoms with Gasteiger partial charge in [0, 0.05) is 25.3 Å². The molecule has 152 valence electrons. The molecule has 1 aliphatic heterocycles. The Balaban J connectivity index is 2.05. The molecule has 29 heavy (non-hydrogen) atoms. The number of aromatic hydroxyl groups is 1. The van der Waals surface area contributed by atoms with Gasteiger partial charge < -0.3 is 19.8 Å². The summed E-state index contributed by atoms with van der Waals surface area (Å²) in [6.45, 7) is 3.10. The first kappa shape index (κ1) is 20.5. The maximum atomic E-state index is 13.2. The van der Waals surface area contributed by atoms with E-state index in [1.54, 1.807) is 12.1 Å². The Kier molecular flexibility index (Phi) is 6.29. The van der Waals surface area contributed by atoms with Gasteiger partial charge in [0.25, 0.3) is 11.7 Å². The van der Waals surface area contributed by atoms with Crippen molar-refractivity contribution < 1.29 is 28.9 Å². The molecule has 2 N–H and O–H groups in total. The van der Waals surface area contributed by atoms with Gasteiger partial charge in [-0.15, -0.1) is 0 Å². The van der Waals surface area contributed by atoms with Crippen LogP contribution in [-0.2, 0) is 14.3 Å². The molecule has 0 bridgehead atoms.